The Balaban J connectivity index is 2.49. The molecular formula is C12H24N2O2. The molecule has 1 aliphatic rings. The van der Waals surface area contributed by atoms with Gasteiger partial charge in [-0.2, -0.15) is 0 Å². The quantitative estimate of drug-likeness (QED) is 0.776. The highest BCUT2D eigenvalue weighted by Gasteiger charge is 2.28. The van der Waals surface area contributed by atoms with Crippen molar-refractivity contribution in [1.29, 1.82) is 0 Å². The normalized spacial score (nSPS) is 23.6. The predicted octanol–water partition coefficient (Wildman–Crippen LogP) is 0.855. The Morgan fingerprint density at radius 3 is 2.81 bits per heavy atom. The first-order valence-electron chi connectivity index (χ1n) is 6.09. The minimum Gasteiger partial charge on any atom is -0.384 e. The van der Waals surface area contributed by atoms with E-state index in [0.29, 0.717) is 5.92 Å². The molecule has 0 aromatic heterocycles. The number of amides is 1. The third-order valence-corrected chi connectivity index (χ3v) is 3.24. The Bertz CT molecular complexity index is 229. The fourth-order valence-electron chi connectivity index (χ4n) is 2.13. The highest BCUT2D eigenvalue weighted by atomic mass is 16.5. The first kappa shape index (κ1) is 13.5. The van der Waals surface area contributed by atoms with Crippen LogP contribution in [-0.4, -0.2) is 43.7 Å². The van der Waals surface area contributed by atoms with Gasteiger partial charge in [0.2, 0.25) is 5.91 Å². The first-order valence-corrected chi connectivity index (χ1v) is 6.09. The van der Waals surface area contributed by atoms with Gasteiger partial charge < -0.3 is 15.4 Å². The van der Waals surface area contributed by atoms with Gasteiger partial charge in [0.05, 0.1) is 12.6 Å². The van der Waals surface area contributed by atoms with E-state index in [-0.39, 0.29) is 17.9 Å². The minimum atomic E-state index is -0.360. The van der Waals surface area contributed by atoms with E-state index >= 15 is 0 Å². The smallest absolute Gasteiger partial charge is 0.239 e. The number of methoxy groups -OCH3 is 1. The van der Waals surface area contributed by atoms with Crippen molar-refractivity contribution in [2.45, 2.75) is 32.7 Å². The van der Waals surface area contributed by atoms with Crippen molar-refractivity contribution in [1.82, 2.24) is 4.90 Å². The average molecular weight is 228 g/mol. The van der Waals surface area contributed by atoms with Crippen LogP contribution in [0.5, 0.6) is 0 Å². The highest BCUT2D eigenvalue weighted by Crippen LogP contribution is 2.18. The number of carbonyl (C=O) groups is 1. The number of hydrogen-bond donors (Lipinski definition) is 1. The zero-order valence-electron chi connectivity index (χ0n) is 10.6. The molecule has 1 rings (SSSR count). The third kappa shape index (κ3) is 3.46. The fourth-order valence-corrected chi connectivity index (χ4v) is 2.13. The summed E-state index contributed by atoms with van der Waals surface area (Å²) in [6, 6.07) is -0.360. The summed E-state index contributed by atoms with van der Waals surface area (Å²) in [5.74, 6) is 0.771. The van der Waals surface area contributed by atoms with Crippen LogP contribution in [0, 0.1) is 11.8 Å². The van der Waals surface area contributed by atoms with Crippen LogP contribution in [0.3, 0.4) is 0 Å². The lowest BCUT2D eigenvalue weighted by atomic mass is 9.96. The molecule has 2 atom stereocenters. The van der Waals surface area contributed by atoms with Gasteiger partial charge >= 0.3 is 0 Å². The Morgan fingerprint density at radius 1 is 1.56 bits per heavy atom. The lowest BCUT2D eigenvalue weighted by molar-refractivity contribution is -0.135. The van der Waals surface area contributed by atoms with Gasteiger partial charge in [0, 0.05) is 20.2 Å². The van der Waals surface area contributed by atoms with Gasteiger partial charge in [-0.3, -0.25) is 4.79 Å². The Morgan fingerprint density at radius 2 is 2.25 bits per heavy atom. The van der Waals surface area contributed by atoms with Crippen molar-refractivity contribution < 1.29 is 9.53 Å². The van der Waals surface area contributed by atoms with E-state index in [1.807, 2.05) is 18.7 Å². The lowest BCUT2D eigenvalue weighted by Crippen LogP contribution is -2.50. The van der Waals surface area contributed by atoms with Crippen LogP contribution in [0.1, 0.15) is 26.7 Å². The van der Waals surface area contributed by atoms with Crippen LogP contribution < -0.4 is 5.73 Å². The lowest BCUT2D eigenvalue weighted by Gasteiger charge is -2.34. The topological polar surface area (TPSA) is 55.6 Å². The van der Waals surface area contributed by atoms with E-state index < -0.39 is 0 Å². The summed E-state index contributed by atoms with van der Waals surface area (Å²) in [5, 5.41) is 0. The van der Waals surface area contributed by atoms with Crippen molar-refractivity contribution in [2.24, 2.45) is 17.6 Å². The molecular weight excluding hydrogens is 204 g/mol. The molecule has 0 radical (unpaired) electrons. The Labute approximate surface area is 98.1 Å². The molecule has 1 saturated heterocycles. The zero-order chi connectivity index (χ0) is 12.1. The number of nitrogens with zero attached hydrogens (tertiary/aromatic N) is 1. The number of ether oxygens (including phenoxy) is 1. The summed E-state index contributed by atoms with van der Waals surface area (Å²) in [6.07, 6.45) is 2.21. The van der Waals surface area contributed by atoms with E-state index in [2.05, 4.69) is 0 Å². The average Bonchev–Trinajstić information content (AvgIpc) is 2.28. The Kier molecular flexibility index (Phi) is 5.22. The minimum absolute atomic E-state index is 0.0933. The third-order valence-electron chi connectivity index (χ3n) is 3.24. The van der Waals surface area contributed by atoms with Gasteiger partial charge in [0.1, 0.15) is 0 Å². The van der Waals surface area contributed by atoms with Crippen molar-refractivity contribution in [3.8, 4) is 0 Å². The van der Waals surface area contributed by atoms with Gasteiger partial charge in [-0.15, -0.1) is 0 Å². The molecule has 4 nitrogen and oxygen atoms in total. The summed E-state index contributed by atoms with van der Waals surface area (Å²) in [4.78, 5) is 14.0. The van der Waals surface area contributed by atoms with E-state index in [4.69, 9.17) is 10.5 Å². The molecule has 94 valence electrons. The molecule has 16 heavy (non-hydrogen) atoms. The largest absolute Gasteiger partial charge is 0.384 e. The van der Waals surface area contributed by atoms with Crippen molar-refractivity contribution in [3.63, 3.8) is 0 Å². The summed E-state index contributed by atoms with van der Waals surface area (Å²) in [5.41, 5.74) is 5.89. The number of hydrogen-bond acceptors (Lipinski definition) is 3. The molecule has 0 bridgehead atoms. The SMILES string of the molecule is COCC1CCCN(C(=O)C(N)C(C)C)C1. The molecule has 2 unspecified atom stereocenters. The van der Waals surface area contributed by atoms with Crippen molar-refractivity contribution in [2.75, 3.05) is 26.8 Å². The maximum absolute atomic E-state index is 12.0. The van der Waals surface area contributed by atoms with E-state index in [0.717, 1.165) is 32.5 Å². The van der Waals surface area contributed by atoms with Crippen LogP contribution in [0.25, 0.3) is 0 Å². The molecule has 4 heteroatoms. The van der Waals surface area contributed by atoms with Gasteiger partial charge in [0.25, 0.3) is 0 Å². The molecule has 1 heterocycles. The monoisotopic (exact) mass is 228 g/mol. The molecule has 1 amide bonds. The van der Waals surface area contributed by atoms with Crippen LogP contribution >= 0.6 is 0 Å². The number of carbonyl (C=O) groups excluding carboxylic acids is 1. The first-order chi connectivity index (χ1) is 7.56. The second-order valence-corrected chi connectivity index (χ2v) is 5.02. The highest BCUT2D eigenvalue weighted by molar-refractivity contribution is 5.82. The molecule has 1 fully saturated rings. The van der Waals surface area contributed by atoms with E-state index in [1.54, 1.807) is 7.11 Å². The van der Waals surface area contributed by atoms with Crippen LogP contribution in [0.15, 0.2) is 0 Å². The number of likely N-dealkylation sites (tertiary alicyclic amines) is 1. The fraction of sp³-hybridized carbons (Fsp3) is 0.917. The molecule has 0 aromatic carbocycles. The number of piperidine rings is 1. The maximum Gasteiger partial charge on any atom is 0.239 e. The van der Waals surface area contributed by atoms with Crippen molar-refractivity contribution >= 4 is 5.91 Å². The van der Waals surface area contributed by atoms with E-state index in [9.17, 15) is 4.79 Å². The van der Waals surface area contributed by atoms with Crippen LogP contribution in [0.2, 0.25) is 0 Å². The van der Waals surface area contributed by atoms with E-state index in [1.165, 1.54) is 0 Å². The number of rotatable bonds is 4. The van der Waals surface area contributed by atoms with Crippen LogP contribution in [0.4, 0.5) is 0 Å². The van der Waals surface area contributed by atoms with Gasteiger partial charge in [-0.1, -0.05) is 13.8 Å². The van der Waals surface area contributed by atoms with Crippen molar-refractivity contribution in [3.05, 3.63) is 0 Å². The van der Waals surface area contributed by atoms with Gasteiger partial charge in [0.15, 0.2) is 0 Å². The summed E-state index contributed by atoms with van der Waals surface area (Å²) < 4.78 is 5.15. The summed E-state index contributed by atoms with van der Waals surface area (Å²) >= 11 is 0. The molecule has 2 N–H and O–H groups in total. The number of nitrogens with two attached hydrogens (primary N) is 1. The second-order valence-electron chi connectivity index (χ2n) is 5.02. The predicted molar refractivity (Wildman–Crippen MR) is 64.0 cm³/mol. The Hall–Kier alpha value is -0.610. The van der Waals surface area contributed by atoms with Gasteiger partial charge in [-0.05, 0) is 24.7 Å². The summed E-state index contributed by atoms with van der Waals surface area (Å²) in [6.45, 7) is 6.35. The standard InChI is InChI=1S/C12H24N2O2/c1-9(2)11(13)12(15)14-6-4-5-10(7-14)8-16-3/h9-11H,4-8,13H2,1-3H3. The molecule has 0 spiro atoms. The molecule has 0 aliphatic carbocycles. The maximum atomic E-state index is 12.0. The molecule has 0 aromatic rings. The van der Waals surface area contributed by atoms with Crippen LogP contribution in [-0.2, 0) is 9.53 Å². The molecule has 0 saturated carbocycles. The molecule has 1 aliphatic heterocycles. The summed E-state index contributed by atoms with van der Waals surface area (Å²) in [7, 11) is 1.71. The second kappa shape index (κ2) is 6.21. The van der Waals surface area contributed by atoms with Gasteiger partial charge in [-0.25, -0.2) is 0 Å². The zero-order valence-corrected chi connectivity index (χ0v) is 10.6.